The van der Waals surface area contributed by atoms with E-state index in [-0.39, 0.29) is 11.5 Å². The summed E-state index contributed by atoms with van der Waals surface area (Å²) in [5.74, 6) is 1.31. The van der Waals surface area contributed by atoms with Crippen LogP contribution in [0.4, 0.5) is 5.69 Å². The monoisotopic (exact) mass is 173 g/mol. The maximum atomic E-state index is 11.2. The first kappa shape index (κ1) is 7.77. The van der Waals surface area contributed by atoms with E-state index < -0.39 is 0 Å². The Hall–Kier alpha value is -1.86. The topological polar surface area (TPSA) is 46.2 Å². The summed E-state index contributed by atoms with van der Waals surface area (Å²) in [6.45, 7) is 0. The molecule has 1 aromatic carbocycles. The number of hydrogen-bond acceptors (Lipinski definition) is 2. The third-order valence-corrected chi connectivity index (χ3v) is 2.03. The van der Waals surface area contributed by atoms with Gasteiger partial charge in [0, 0.05) is 12.1 Å². The van der Waals surface area contributed by atoms with Crippen molar-refractivity contribution in [2.75, 3.05) is 5.32 Å². The van der Waals surface area contributed by atoms with Crippen molar-refractivity contribution in [1.82, 2.24) is 0 Å². The maximum absolute atomic E-state index is 11.2. The van der Waals surface area contributed by atoms with Crippen molar-refractivity contribution in [3.05, 3.63) is 35.4 Å². The molecule has 2 rings (SSSR count). The molecule has 0 bridgehead atoms. The van der Waals surface area contributed by atoms with Crippen molar-refractivity contribution in [2.24, 2.45) is 0 Å². The molecule has 0 aliphatic carbocycles. The van der Waals surface area contributed by atoms with Crippen molar-refractivity contribution < 1.29 is 9.59 Å². The fourth-order valence-corrected chi connectivity index (χ4v) is 1.35. The molecular formula is C10H7NO2. The molecule has 1 heterocycles. The molecule has 0 atom stereocenters. The van der Waals surface area contributed by atoms with Gasteiger partial charge < -0.3 is 5.32 Å². The minimum absolute atomic E-state index is 0.165. The van der Waals surface area contributed by atoms with Crippen molar-refractivity contribution in [3.63, 3.8) is 0 Å². The Labute approximate surface area is 75.1 Å². The third-order valence-electron chi connectivity index (χ3n) is 2.03. The number of hydrogen-bond donors (Lipinski definition) is 1. The van der Waals surface area contributed by atoms with Gasteiger partial charge in [-0.25, -0.2) is 4.79 Å². The van der Waals surface area contributed by atoms with E-state index in [1.165, 1.54) is 0 Å². The lowest BCUT2D eigenvalue weighted by molar-refractivity contribution is -0.113. The Morgan fingerprint density at radius 2 is 2.08 bits per heavy atom. The van der Waals surface area contributed by atoms with E-state index >= 15 is 0 Å². The van der Waals surface area contributed by atoms with Crippen LogP contribution in [-0.2, 0) is 16.0 Å². The number of carbonyl (C=O) groups excluding carboxylic acids is 2. The molecule has 0 unspecified atom stereocenters. The lowest BCUT2D eigenvalue weighted by atomic mass is 10.00. The van der Waals surface area contributed by atoms with Gasteiger partial charge in [0.05, 0.1) is 0 Å². The number of rotatable bonds is 0. The van der Waals surface area contributed by atoms with Crippen LogP contribution in [0.5, 0.6) is 0 Å². The molecule has 0 saturated heterocycles. The van der Waals surface area contributed by atoms with Crippen LogP contribution in [-0.4, -0.2) is 11.8 Å². The third kappa shape index (κ3) is 1.25. The van der Waals surface area contributed by atoms with Crippen LogP contribution in [0.25, 0.3) is 0 Å². The smallest absolute Gasteiger partial charge is 0.263 e. The number of benzene rings is 1. The van der Waals surface area contributed by atoms with Gasteiger partial charge in [-0.2, -0.15) is 0 Å². The van der Waals surface area contributed by atoms with E-state index in [4.69, 9.17) is 0 Å². The van der Waals surface area contributed by atoms with Crippen molar-refractivity contribution in [3.8, 4) is 0 Å². The molecule has 0 radical (unpaired) electrons. The first-order valence-electron chi connectivity index (χ1n) is 3.94. The quantitative estimate of drug-likeness (QED) is 0.468. The average molecular weight is 173 g/mol. The fraction of sp³-hybridized carbons (Fsp3) is 0.100. The summed E-state index contributed by atoms with van der Waals surface area (Å²) in [7, 11) is 0. The highest BCUT2D eigenvalue weighted by Gasteiger charge is 2.19. The van der Waals surface area contributed by atoms with Gasteiger partial charge in [0.25, 0.3) is 5.91 Å². The summed E-state index contributed by atoms with van der Waals surface area (Å²) >= 11 is 0. The van der Waals surface area contributed by atoms with Crippen molar-refractivity contribution >= 4 is 17.5 Å². The zero-order valence-electron chi connectivity index (χ0n) is 6.83. The molecule has 0 aromatic heterocycles. The molecule has 1 amide bonds. The fourth-order valence-electron chi connectivity index (χ4n) is 1.35. The van der Waals surface area contributed by atoms with Gasteiger partial charge in [0.1, 0.15) is 11.5 Å². The van der Waals surface area contributed by atoms with Crippen LogP contribution in [0.2, 0.25) is 0 Å². The second kappa shape index (κ2) is 2.88. The molecule has 3 nitrogen and oxygen atoms in total. The Morgan fingerprint density at radius 3 is 2.85 bits per heavy atom. The van der Waals surface area contributed by atoms with Gasteiger partial charge in [0.15, 0.2) is 0 Å². The zero-order valence-corrected chi connectivity index (χ0v) is 6.83. The molecule has 1 aliphatic heterocycles. The highest BCUT2D eigenvalue weighted by molar-refractivity contribution is 6.11. The number of carbonyl (C=O) groups is 1. The normalized spacial score (nSPS) is 14.5. The average Bonchev–Trinajstić information content (AvgIpc) is 2.17. The van der Waals surface area contributed by atoms with Crippen LogP contribution in [0, 0.1) is 0 Å². The zero-order chi connectivity index (χ0) is 9.26. The van der Waals surface area contributed by atoms with E-state index in [9.17, 15) is 9.59 Å². The highest BCUT2D eigenvalue weighted by atomic mass is 16.2. The Bertz CT molecular complexity index is 417. The molecule has 3 heteroatoms. The Morgan fingerprint density at radius 1 is 1.31 bits per heavy atom. The summed E-state index contributed by atoms with van der Waals surface area (Å²) in [5, 5.41) is 2.62. The van der Waals surface area contributed by atoms with Gasteiger partial charge >= 0.3 is 0 Å². The number of amides is 1. The van der Waals surface area contributed by atoms with Crippen LogP contribution < -0.4 is 5.32 Å². The highest BCUT2D eigenvalue weighted by Crippen LogP contribution is 2.23. The Balaban J connectivity index is 2.50. The largest absolute Gasteiger partial charge is 0.321 e. The lowest BCUT2D eigenvalue weighted by Gasteiger charge is -2.16. The van der Waals surface area contributed by atoms with Crippen LogP contribution in [0.1, 0.15) is 5.56 Å². The first-order valence-corrected chi connectivity index (χ1v) is 3.94. The van der Waals surface area contributed by atoms with E-state index in [1.807, 2.05) is 24.3 Å². The number of fused-ring (bicyclic) bond motifs is 1. The maximum Gasteiger partial charge on any atom is 0.263 e. The predicted octanol–water partition coefficient (Wildman–Crippen LogP) is 0.939. The van der Waals surface area contributed by atoms with E-state index in [0.29, 0.717) is 6.42 Å². The Kier molecular flexibility index (Phi) is 1.72. The number of para-hydroxylation sites is 1. The summed E-state index contributed by atoms with van der Waals surface area (Å²) < 4.78 is 0. The van der Waals surface area contributed by atoms with E-state index in [1.54, 1.807) is 5.94 Å². The van der Waals surface area contributed by atoms with E-state index in [0.717, 1.165) is 11.3 Å². The molecule has 0 spiro atoms. The molecular weight excluding hydrogens is 166 g/mol. The summed E-state index contributed by atoms with van der Waals surface area (Å²) in [6.07, 6.45) is 0.380. The standard InChI is InChI=1S/C10H7NO2/c12-6-8-5-7-3-1-2-4-9(7)11-10(8)13/h1-4H,5H2,(H,11,13). The molecule has 0 saturated carbocycles. The summed E-state index contributed by atoms with van der Waals surface area (Å²) in [4.78, 5) is 21.5. The summed E-state index contributed by atoms with van der Waals surface area (Å²) in [5.41, 5.74) is 1.91. The molecule has 13 heavy (non-hydrogen) atoms. The van der Waals surface area contributed by atoms with Gasteiger partial charge in [-0.15, -0.1) is 0 Å². The lowest BCUT2D eigenvalue weighted by Crippen LogP contribution is -2.22. The minimum Gasteiger partial charge on any atom is -0.321 e. The van der Waals surface area contributed by atoms with Crippen LogP contribution in [0.3, 0.4) is 0 Å². The summed E-state index contributed by atoms with van der Waals surface area (Å²) in [6, 6.07) is 7.41. The molecule has 1 N–H and O–H groups in total. The minimum atomic E-state index is -0.339. The molecule has 1 aliphatic rings. The number of anilines is 1. The number of nitrogens with one attached hydrogen (secondary N) is 1. The van der Waals surface area contributed by atoms with E-state index in [2.05, 4.69) is 5.32 Å². The van der Waals surface area contributed by atoms with Gasteiger partial charge in [-0.3, -0.25) is 4.79 Å². The van der Waals surface area contributed by atoms with Crippen molar-refractivity contribution in [1.29, 1.82) is 0 Å². The molecule has 1 aromatic rings. The van der Waals surface area contributed by atoms with Crippen LogP contribution in [0.15, 0.2) is 29.8 Å². The van der Waals surface area contributed by atoms with Crippen molar-refractivity contribution in [2.45, 2.75) is 6.42 Å². The second-order valence-corrected chi connectivity index (χ2v) is 2.87. The van der Waals surface area contributed by atoms with Gasteiger partial charge in [-0.1, -0.05) is 18.2 Å². The molecule has 64 valence electrons. The predicted molar refractivity (Wildman–Crippen MR) is 48.0 cm³/mol. The van der Waals surface area contributed by atoms with Gasteiger partial charge in [-0.05, 0) is 11.6 Å². The SMILES string of the molecule is O=C=C1Cc2ccccc2NC1=O. The first-order chi connectivity index (χ1) is 6.31. The molecule has 0 fully saturated rings. The van der Waals surface area contributed by atoms with Gasteiger partial charge in [0.2, 0.25) is 0 Å². The second-order valence-electron chi connectivity index (χ2n) is 2.87. The van der Waals surface area contributed by atoms with Crippen LogP contribution >= 0.6 is 0 Å².